The van der Waals surface area contributed by atoms with Gasteiger partial charge >= 0.3 is 0 Å². The second kappa shape index (κ2) is 7.60. The lowest BCUT2D eigenvalue weighted by Gasteiger charge is -2.06. The molecule has 0 amide bonds. The SMILES string of the molecule is CC(=CCc1ccccc1)c1ccc(Cc2ccccc2)cc1. The first kappa shape index (κ1) is 15.3. The Morgan fingerprint density at radius 3 is 1.78 bits per heavy atom. The molecule has 3 aromatic rings. The van der Waals surface area contributed by atoms with Crippen LogP contribution in [0.1, 0.15) is 29.2 Å². The van der Waals surface area contributed by atoms with E-state index in [-0.39, 0.29) is 0 Å². The summed E-state index contributed by atoms with van der Waals surface area (Å²) in [6, 6.07) is 30.2. The molecule has 0 bridgehead atoms. The number of hydrogen-bond acceptors (Lipinski definition) is 0. The van der Waals surface area contributed by atoms with Crippen molar-refractivity contribution >= 4 is 5.57 Å². The van der Waals surface area contributed by atoms with Crippen LogP contribution in [-0.2, 0) is 12.8 Å². The first-order chi connectivity index (χ1) is 11.3. The largest absolute Gasteiger partial charge is 0.0766 e. The molecule has 0 aliphatic rings. The Hall–Kier alpha value is -2.60. The lowest BCUT2D eigenvalue weighted by molar-refractivity contribution is 1.19. The van der Waals surface area contributed by atoms with Crippen LogP contribution in [0.15, 0.2) is 91.0 Å². The Morgan fingerprint density at radius 2 is 1.17 bits per heavy atom. The molecule has 3 aromatic carbocycles. The lowest BCUT2D eigenvalue weighted by atomic mass is 10.00. The van der Waals surface area contributed by atoms with Crippen LogP contribution >= 0.6 is 0 Å². The third-order valence-corrected chi connectivity index (χ3v) is 4.15. The fraction of sp³-hybridized carbons (Fsp3) is 0.130. The topological polar surface area (TPSA) is 0 Å². The van der Waals surface area contributed by atoms with E-state index < -0.39 is 0 Å². The summed E-state index contributed by atoms with van der Waals surface area (Å²) in [6.07, 6.45) is 4.29. The van der Waals surface area contributed by atoms with Gasteiger partial charge in [0, 0.05) is 0 Å². The molecule has 0 atom stereocenters. The molecule has 0 aliphatic carbocycles. The van der Waals surface area contributed by atoms with Crippen LogP contribution < -0.4 is 0 Å². The van der Waals surface area contributed by atoms with Crippen molar-refractivity contribution in [2.75, 3.05) is 0 Å². The Kier molecular flexibility index (Phi) is 5.06. The van der Waals surface area contributed by atoms with Crippen LogP contribution in [0.25, 0.3) is 5.57 Å². The second-order valence-electron chi connectivity index (χ2n) is 5.94. The van der Waals surface area contributed by atoms with Crippen molar-refractivity contribution in [3.05, 3.63) is 113 Å². The van der Waals surface area contributed by atoms with Gasteiger partial charge < -0.3 is 0 Å². The first-order valence-corrected chi connectivity index (χ1v) is 8.15. The summed E-state index contributed by atoms with van der Waals surface area (Å²) in [7, 11) is 0. The summed E-state index contributed by atoms with van der Waals surface area (Å²) in [5.41, 5.74) is 6.71. The van der Waals surface area contributed by atoms with Gasteiger partial charge in [-0.25, -0.2) is 0 Å². The summed E-state index contributed by atoms with van der Waals surface area (Å²) < 4.78 is 0. The highest BCUT2D eigenvalue weighted by molar-refractivity contribution is 5.64. The van der Waals surface area contributed by atoms with E-state index >= 15 is 0 Å². The molecule has 0 nitrogen and oxygen atoms in total. The fourth-order valence-electron chi connectivity index (χ4n) is 2.72. The average Bonchev–Trinajstić information content (AvgIpc) is 2.62. The predicted octanol–water partition coefficient (Wildman–Crippen LogP) is 5.92. The quantitative estimate of drug-likeness (QED) is 0.548. The second-order valence-corrected chi connectivity index (χ2v) is 5.94. The summed E-state index contributed by atoms with van der Waals surface area (Å²) >= 11 is 0. The van der Waals surface area contributed by atoms with Gasteiger partial charge in [-0.15, -0.1) is 0 Å². The van der Waals surface area contributed by atoms with Crippen LogP contribution in [0.4, 0.5) is 0 Å². The Labute approximate surface area is 139 Å². The number of allylic oxidation sites excluding steroid dienone is 2. The van der Waals surface area contributed by atoms with Gasteiger partial charge in [0.2, 0.25) is 0 Å². The van der Waals surface area contributed by atoms with Gasteiger partial charge in [-0.1, -0.05) is 91.0 Å². The van der Waals surface area contributed by atoms with Crippen molar-refractivity contribution in [3.63, 3.8) is 0 Å². The third-order valence-electron chi connectivity index (χ3n) is 4.15. The van der Waals surface area contributed by atoms with E-state index in [1.54, 1.807) is 0 Å². The van der Waals surface area contributed by atoms with E-state index in [1.165, 1.54) is 27.8 Å². The van der Waals surface area contributed by atoms with Crippen LogP contribution in [-0.4, -0.2) is 0 Å². The molecule has 0 aromatic heterocycles. The van der Waals surface area contributed by atoms with Crippen molar-refractivity contribution in [2.45, 2.75) is 19.8 Å². The molecule has 0 saturated carbocycles. The molecule has 0 heteroatoms. The summed E-state index contributed by atoms with van der Waals surface area (Å²) in [6.45, 7) is 2.19. The van der Waals surface area contributed by atoms with Crippen molar-refractivity contribution in [2.24, 2.45) is 0 Å². The third kappa shape index (κ3) is 4.43. The van der Waals surface area contributed by atoms with E-state index in [9.17, 15) is 0 Å². The maximum atomic E-state index is 2.31. The lowest BCUT2D eigenvalue weighted by Crippen LogP contribution is -1.89. The molecule has 0 fully saturated rings. The molecule has 0 radical (unpaired) electrons. The van der Waals surface area contributed by atoms with E-state index in [1.807, 2.05) is 0 Å². The smallest absolute Gasteiger partial charge is 0.00258 e. The zero-order valence-corrected chi connectivity index (χ0v) is 13.6. The monoisotopic (exact) mass is 298 g/mol. The van der Waals surface area contributed by atoms with Gasteiger partial charge in [-0.05, 0) is 47.6 Å². The molecular formula is C23H22. The van der Waals surface area contributed by atoms with Gasteiger partial charge in [0.25, 0.3) is 0 Å². The highest BCUT2D eigenvalue weighted by atomic mass is 14.0. The van der Waals surface area contributed by atoms with Crippen LogP contribution in [0.5, 0.6) is 0 Å². The minimum Gasteiger partial charge on any atom is -0.0766 e. The molecule has 0 N–H and O–H groups in total. The normalized spacial score (nSPS) is 11.4. The molecule has 3 rings (SSSR count). The zero-order chi connectivity index (χ0) is 15.9. The van der Waals surface area contributed by atoms with Gasteiger partial charge in [0.05, 0.1) is 0 Å². The Morgan fingerprint density at radius 1 is 0.652 bits per heavy atom. The minimum atomic E-state index is 0.985. The predicted molar refractivity (Wildman–Crippen MR) is 99.5 cm³/mol. The van der Waals surface area contributed by atoms with Crippen molar-refractivity contribution in [1.82, 2.24) is 0 Å². The van der Waals surface area contributed by atoms with Crippen molar-refractivity contribution in [3.8, 4) is 0 Å². The molecule has 0 unspecified atom stereocenters. The van der Waals surface area contributed by atoms with Gasteiger partial charge in [0.1, 0.15) is 0 Å². The van der Waals surface area contributed by atoms with Gasteiger partial charge in [-0.3, -0.25) is 0 Å². The summed E-state index contributed by atoms with van der Waals surface area (Å²) in [5, 5.41) is 0. The standard InChI is InChI=1S/C23H22/c1-19(12-13-20-8-4-2-5-9-20)23-16-14-22(15-17-23)18-21-10-6-3-7-11-21/h2-12,14-17H,13,18H2,1H3. The van der Waals surface area contributed by atoms with E-state index in [0.29, 0.717) is 0 Å². The summed E-state index contributed by atoms with van der Waals surface area (Å²) in [5.74, 6) is 0. The highest BCUT2D eigenvalue weighted by Crippen LogP contribution is 2.17. The van der Waals surface area contributed by atoms with E-state index in [2.05, 4.69) is 97.9 Å². The minimum absolute atomic E-state index is 0.985. The number of hydrogen-bond donors (Lipinski definition) is 0. The van der Waals surface area contributed by atoms with Crippen molar-refractivity contribution < 1.29 is 0 Å². The molecule has 0 spiro atoms. The molecule has 0 aliphatic heterocycles. The van der Waals surface area contributed by atoms with Crippen LogP contribution in [0.2, 0.25) is 0 Å². The van der Waals surface area contributed by atoms with Crippen molar-refractivity contribution in [1.29, 1.82) is 0 Å². The summed E-state index contributed by atoms with van der Waals surface area (Å²) in [4.78, 5) is 0. The van der Waals surface area contributed by atoms with Gasteiger partial charge in [-0.2, -0.15) is 0 Å². The first-order valence-electron chi connectivity index (χ1n) is 8.15. The van der Waals surface area contributed by atoms with E-state index in [4.69, 9.17) is 0 Å². The Bertz CT molecular complexity index is 750. The average molecular weight is 298 g/mol. The van der Waals surface area contributed by atoms with Crippen LogP contribution in [0.3, 0.4) is 0 Å². The van der Waals surface area contributed by atoms with E-state index in [0.717, 1.165) is 12.8 Å². The molecule has 114 valence electrons. The molecule has 23 heavy (non-hydrogen) atoms. The highest BCUT2D eigenvalue weighted by Gasteiger charge is 1.99. The maximum Gasteiger partial charge on any atom is -0.00258 e. The fourth-order valence-corrected chi connectivity index (χ4v) is 2.72. The molecule has 0 heterocycles. The zero-order valence-electron chi connectivity index (χ0n) is 13.6. The van der Waals surface area contributed by atoms with Gasteiger partial charge in [0.15, 0.2) is 0 Å². The molecular weight excluding hydrogens is 276 g/mol. The molecule has 0 saturated heterocycles. The maximum absolute atomic E-state index is 2.31. The number of rotatable bonds is 5. The van der Waals surface area contributed by atoms with Crippen LogP contribution in [0, 0.1) is 0 Å². The Balaban J connectivity index is 1.66. The number of benzene rings is 3.